The summed E-state index contributed by atoms with van der Waals surface area (Å²) in [5, 5.41) is 0. The standard InChI is InChI=1S/C3H3INO2/c1-5-2(6)4-3(5)7/h1H3/q-1. The molecule has 4 heteroatoms. The van der Waals surface area contributed by atoms with Crippen LogP contribution in [-0.2, 0) is 0 Å². The number of rotatable bonds is 0. The van der Waals surface area contributed by atoms with E-state index in [2.05, 4.69) is 0 Å². The number of hydrogen-bond donors (Lipinski definition) is 0. The Labute approximate surface area is 50.9 Å². The third-order valence-electron chi connectivity index (χ3n) is 0.689. The van der Waals surface area contributed by atoms with E-state index in [1.807, 2.05) is 0 Å². The molecule has 0 saturated carbocycles. The summed E-state index contributed by atoms with van der Waals surface area (Å²) in [5.74, 6) is 0. The van der Waals surface area contributed by atoms with E-state index in [1.54, 1.807) is 0 Å². The maximum atomic E-state index is 10.2. The van der Waals surface area contributed by atoms with Gasteiger partial charge >= 0.3 is 50.6 Å². The van der Waals surface area contributed by atoms with E-state index >= 15 is 0 Å². The van der Waals surface area contributed by atoms with Gasteiger partial charge in [-0.05, 0) is 0 Å². The number of carbonyl (C=O) groups is 2. The summed E-state index contributed by atoms with van der Waals surface area (Å²) in [4.78, 5) is 21.5. The molecule has 0 aromatic rings. The second-order valence-electron chi connectivity index (χ2n) is 1.16. The number of halogens is 1. The predicted octanol–water partition coefficient (Wildman–Crippen LogP) is -2.74. The number of imide groups is 1. The van der Waals surface area contributed by atoms with Crippen molar-refractivity contribution in [3.8, 4) is 0 Å². The molecule has 0 atom stereocenters. The minimum atomic E-state index is -0.727. The van der Waals surface area contributed by atoms with Crippen molar-refractivity contribution >= 4 is 7.83 Å². The van der Waals surface area contributed by atoms with Gasteiger partial charge in [-0.2, -0.15) is 0 Å². The second-order valence-corrected chi connectivity index (χ2v) is 3.54. The zero-order valence-corrected chi connectivity index (χ0v) is 5.80. The van der Waals surface area contributed by atoms with Gasteiger partial charge in [-0.3, -0.25) is 0 Å². The summed E-state index contributed by atoms with van der Waals surface area (Å²) in [5.41, 5.74) is 0. The van der Waals surface area contributed by atoms with Gasteiger partial charge < -0.3 is 0 Å². The summed E-state index contributed by atoms with van der Waals surface area (Å²) in [6, 6.07) is 0. The van der Waals surface area contributed by atoms with E-state index < -0.39 is 21.2 Å². The van der Waals surface area contributed by atoms with E-state index in [0.717, 1.165) is 4.90 Å². The molecule has 0 aromatic carbocycles. The Balaban J connectivity index is 2.59. The zero-order valence-electron chi connectivity index (χ0n) is 3.64. The van der Waals surface area contributed by atoms with Gasteiger partial charge in [-0.1, -0.05) is 0 Å². The van der Waals surface area contributed by atoms with Gasteiger partial charge in [0.25, 0.3) is 0 Å². The molecule has 0 aliphatic carbocycles. The fourth-order valence-electron chi connectivity index (χ4n) is 0.230. The second kappa shape index (κ2) is 1.43. The summed E-state index contributed by atoms with van der Waals surface area (Å²) in [7, 11) is 1.51. The molecule has 0 spiro atoms. The molecule has 1 rings (SSSR count). The Morgan fingerprint density at radius 1 is 1.43 bits per heavy atom. The molecule has 0 aromatic heterocycles. The fourth-order valence-corrected chi connectivity index (χ4v) is 1.44. The van der Waals surface area contributed by atoms with Crippen LogP contribution in [-0.4, -0.2) is 19.8 Å². The van der Waals surface area contributed by atoms with Crippen molar-refractivity contribution < 1.29 is 30.8 Å². The van der Waals surface area contributed by atoms with Gasteiger partial charge in [0.1, 0.15) is 0 Å². The zero-order chi connectivity index (χ0) is 5.44. The fraction of sp³-hybridized carbons (Fsp3) is 0.333. The first-order valence-electron chi connectivity index (χ1n) is 1.68. The Hall–Kier alpha value is -0.130. The minimum absolute atomic E-state index is 0.0313. The average Bonchev–Trinajstić information content (AvgIpc) is 1.68. The molecule has 1 aliphatic rings. The van der Waals surface area contributed by atoms with Gasteiger partial charge in [0.15, 0.2) is 0 Å². The van der Waals surface area contributed by atoms with Crippen molar-refractivity contribution in [2.75, 3.05) is 7.05 Å². The average molecular weight is 212 g/mol. The van der Waals surface area contributed by atoms with Crippen LogP contribution >= 0.6 is 0 Å². The molecular weight excluding hydrogens is 209 g/mol. The van der Waals surface area contributed by atoms with Crippen LogP contribution in [0.5, 0.6) is 0 Å². The molecule has 7 heavy (non-hydrogen) atoms. The summed E-state index contributed by atoms with van der Waals surface area (Å²) in [6.45, 7) is 0. The summed E-state index contributed by atoms with van der Waals surface area (Å²) in [6.07, 6.45) is 0. The molecule has 3 nitrogen and oxygen atoms in total. The predicted molar refractivity (Wildman–Crippen MR) is 18.6 cm³/mol. The number of carbonyl (C=O) groups excluding carboxylic acids is 2. The van der Waals surface area contributed by atoms with Crippen molar-refractivity contribution in [3.63, 3.8) is 0 Å². The first-order valence-corrected chi connectivity index (χ1v) is 3.84. The molecule has 0 N–H and O–H groups in total. The number of amides is 2. The maximum absolute atomic E-state index is 10.2. The van der Waals surface area contributed by atoms with Crippen molar-refractivity contribution in [2.45, 2.75) is 0 Å². The van der Waals surface area contributed by atoms with Crippen molar-refractivity contribution in [2.24, 2.45) is 0 Å². The summed E-state index contributed by atoms with van der Waals surface area (Å²) < 4.78 is 0.0626. The van der Waals surface area contributed by atoms with Crippen LogP contribution in [0.15, 0.2) is 0 Å². The third-order valence-corrected chi connectivity index (χ3v) is 3.06. The monoisotopic (exact) mass is 212 g/mol. The molecule has 1 heterocycles. The Morgan fingerprint density at radius 2 is 1.86 bits per heavy atom. The molecule has 0 radical (unpaired) electrons. The van der Waals surface area contributed by atoms with Crippen LogP contribution < -0.4 is 21.2 Å². The molecule has 0 unspecified atom stereocenters. The Morgan fingerprint density at radius 3 is 1.86 bits per heavy atom. The number of nitrogens with zero attached hydrogens (tertiary/aromatic N) is 1. The van der Waals surface area contributed by atoms with Gasteiger partial charge in [0.05, 0.1) is 0 Å². The van der Waals surface area contributed by atoms with E-state index in [9.17, 15) is 9.59 Å². The Kier molecular flexibility index (Phi) is 1.02. The van der Waals surface area contributed by atoms with Gasteiger partial charge in [-0.15, -0.1) is 0 Å². The van der Waals surface area contributed by atoms with Crippen molar-refractivity contribution in [1.82, 2.24) is 4.90 Å². The first-order chi connectivity index (χ1) is 3.22. The van der Waals surface area contributed by atoms with E-state index in [0.29, 0.717) is 0 Å². The molecular formula is C3H3INO2-. The first kappa shape index (κ1) is 5.02. The van der Waals surface area contributed by atoms with Gasteiger partial charge in [0, 0.05) is 0 Å². The van der Waals surface area contributed by atoms with Crippen molar-refractivity contribution in [1.29, 1.82) is 0 Å². The summed E-state index contributed by atoms with van der Waals surface area (Å²) >= 11 is -0.727. The normalized spacial score (nSPS) is 21.0. The topological polar surface area (TPSA) is 37.4 Å². The van der Waals surface area contributed by atoms with E-state index in [4.69, 9.17) is 0 Å². The van der Waals surface area contributed by atoms with Gasteiger partial charge in [0.2, 0.25) is 0 Å². The van der Waals surface area contributed by atoms with Crippen LogP contribution in [0.2, 0.25) is 0 Å². The quantitative estimate of drug-likeness (QED) is 0.248. The van der Waals surface area contributed by atoms with Gasteiger partial charge in [-0.25, -0.2) is 0 Å². The van der Waals surface area contributed by atoms with E-state index in [1.165, 1.54) is 7.05 Å². The molecule has 1 fully saturated rings. The molecule has 0 bridgehead atoms. The molecule has 40 valence electrons. The molecule has 1 aliphatic heterocycles. The van der Waals surface area contributed by atoms with Crippen LogP contribution in [0, 0.1) is 0 Å². The third kappa shape index (κ3) is 0.624. The SMILES string of the molecule is CN1C(=O)[I-]C1=O. The Bertz CT molecular complexity index is 119. The van der Waals surface area contributed by atoms with Crippen LogP contribution in [0.4, 0.5) is 9.59 Å². The van der Waals surface area contributed by atoms with Crippen LogP contribution in [0.25, 0.3) is 0 Å². The van der Waals surface area contributed by atoms with Crippen LogP contribution in [0.1, 0.15) is 0 Å². The van der Waals surface area contributed by atoms with Crippen LogP contribution in [0.3, 0.4) is 0 Å². The van der Waals surface area contributed by atoms with E-state index in [-0.39, 0.29) is 7.83 Å². The molecule has 2 amide bonds. The number of hydrogen-bond acceptors (Lipinski definition) is 2. The van der Waals surface area contributed by atoms with Crippen molar-refractivity contribution in [3.05, 3.63) is 0 Å². The molecule has 1 saturated heterocycles.